The summed E-state index contributed by atoms with van der Waals surface area (Å²) in [6.07, 6.45) is 1.74. The van der Waals surface area contributed by atoms with E-state index in [1.54, 1.807) is 16.9 Å². The van der Waals surface area contributed by atoms with Crippen LogP contribution in [-0.4, -0.2) is 73.8 Å². The Morgan fingerprint density at radius 2 is 1.50 bits per heavy atom. The van der Waals surface area contributed by atoms with Crippen LogP contribution in [0.25, 0.3) is 0 Å². The Labute approximate surface area is 164 Å². The van der Waals surface area contributed by atoms with Crippen molar-refractivity contribution < 1.29 is 23.5 Å². The summed E-state index contributed by atoms with van der Waals surface area (Å²) in [5.74, 6) is 0.367. The predicted octanol–water partition coefficient (Wildman–Crippen LogP) is 1.92. The van der Waals surface area contributed by atoms with E-state index in [1.807, 2.05) is 24.3 Å². The highest BCUT2D eigenvalue weighted by Gasteiger charge is 2.54. The van der Waals surface area contributed by atoms with Crippen molar-refractivity contribution in [3.63, 3.8) is 0 Å². The number of likely N-dealkylation sites (tertiary alicyclic amines) is 1. The van der Waals surface area contributed by atoms with Gasteiger partial charge in [0, 0.05) is 39.0 Å². The molecule has 1 saturated carbocycles. The third-order valence-electron chi connectivity index (χ3n) is 6.33. The number of methoxy groups -OCH3 is 1. The molecule has 0 unspecified atom stereocenters. The molecule has 152 valence electrons. The van der Waals surface area contributed by atoms with Crippen LogP contribution in [0.2, 0.25) is 0 Å². The molecule has 2 saturated heterocycles. The molecule has 2 aliphatic heterocycles. The molecule has 0 aromatic heterocycles. The highest BCUT2D eigenvalue weighted by atomic mass is 19.1. The normalized spacial score (nSPS) is 23.2. The number of alkyl halides is 1. The molecule has 6 nitrogen and oxygen atoms in total. The first kappa shape index (κ1) is 19.2. The standard InChI is InChI=1S/C21H27FN2O4/c1-27-17-4-2-16(3-5-17)20(6-7-20)18(25)23-10-8-21(22,9-11-23)19(26)24-12-14-28-15-13-24/h2-5H,6-15H2,1H3. The molecule has 4 rings (SSSR count). The van der Waals surface area contributed by atoms with Crippen LogP contribution in [0.5, 0.6) is 5.75 Å². The number of amides is 2. The molecular formula is C21H27FN2O4. The molecule has 0 N–H and O–H groups in total. The molecular weight excluding hydrogens is 363 g/mol. The Hall–Kier alpha value is -2.15. The third kappa shape index (κ3) is 3.36. The molecule has 3 aliphatic rings. The molecule has 1 aliphatic carbocycles. The van der Waals surface area contributed by atoms with Crippen LogP contribution in [0.15, 0.2) is 24.3 Å². The number of morpholine rings is 1. The van der Waals surface area contributed by atoms with Gasteiger partial charge in [-0.2, -0.15) is 0 Å². The summed E-state index contributed by atoms with van der Waals surface area (Å²) in [7, 11) is 1.61. The van der Waals surface area contributed by atoms with E-state index in [9.17, 15) is 9.59 Å². The minimum Gasteiger partial charge on any atom is -0.497 e. The molecule has 28 heavy (non-hydrogen) atoms. The lowest BCUT2D eigenvalue weighted by atomic mass is 9.88. The van der Waals surface area contributed by atoms with Crippen molar-refractivity contribution in [1.29, 1.82) is 0 Å². The molecule has 1 aromatic rings. The molecule has 0 atom stereocenters. The largest absolute Gasteiger partial charge is 0.497 e. The number of hydrogen-bond donors (Lipinski definition) is 0. The minimum atomic E-state index is -1.87. The van der Waals surface area contributed by atoms with Gasteiger partial charge < -0.3 is 19.3 Å². The maximum absolute atomic E-state index is 15.3. The van der Waals surface area contributed by atoms with Crippen LogP contribution in [0.1, 0.15) is 31.2 Å². The van der Waals surface area contributed by atoms with Gasteiger partial charge in [-0.05, 0) is 30.5 Å². The van der Waals surface area contributed by atoms with E-state index in [0.29, 0.717) is 26.3 Å². The number of carbonyl (C=O) groups excluding carboxylic acids is 2. The van der Waals surface area contributed by atoms with E-state index in [-0.39, 0.29) is 31.8 Å². The van der Waals surface area contributed by atoms with Gasteiger partial charge in [-0.25, -0.2) is 4.39 Å². The van der Waals surface area contributed by atoms with Gasteiger partial charge in [0.15, 0.2) is 5.67 Å². The van der Waals surface area contributed by atoms with Crippen LogP contribution in [0.3, 0.4) is 0 Å². The second kappa shape index (κ2) is 7.35. The van der Waals surface area contributed by atoms with Gasteiger partial charge >= 0.3 is 0 Å². The van der Waals surface area contributed by atoms with Crippen molar-refractivity contribution in [3.05, 3.63) is 29.8 Å². The second-order valence-corrected chi connectivity index (χ2v) is 7.97. The van der Waals surface area contributed by atoms with Crippen LogP contribution < -0.4 is 4.74 Å². The van der Waals surface area contributed by atoms with E-state index >= 15 is 4.39 Å². The summed E-state index contributed by atoms with van der Waals surface area (Å²) < 4.78 is 25.8. The number of rotatable bonds is 4. The van der Waals surface area contributed by atoms with Gasteiger partial charge in [0.05, 0.1) is 25.7 Å². The Morgan fingerprint density at radius 1 is 0.929 bits per heavy atom. The monoisotopic (exact) mass is 390 g/mol. The fourth-order valence-electron chi connectivity index (χ4n) is 4.29. The Bertz CT molecular complexity index is 733. The summed E-state index contributed by atoms with van der Waals surface area (Å²) in [6, 6.07) is 7.61. The van der Waals surface area contributed by atoms with Crippen LogP contribution in [0, 0.1) is 0 Å². The average Bonchev–Trinajstić information content (AvgIpc) is 3.56. The molecule has 0 spiro atoms. The van der Waals surface area contributed by atoms with Crippen LogP contribution in [0.4, 0.5) is 4.39 Å². The SMILES string of the molecule is COc1ccc(C2(C(=O)N3CCC(F)(C(=O)N4CCOCC4)CC3)CC2)cc1. The molecule has 2 heterocycles. The molecule has 1 aromatic carbocycles. The zero-order chi connectivity index (χ0) is 19.8. The zero-order valence-electron chi connectivity index (χ0n) is 16.3. The number of ether oxygens (including phenoxy) is 2. The summed E-state index contributed by atoms with van der Waals surface area (Å²) in [4.78, 5) is 29.1. The number of hydrogen-bond acceptors (Lipinski definition) is 4. The fraction of sp³-hybridized carbons (Fsp3) is 0.619. The lowest BCUT2D eigenvalue weighted by molar-refractivity contribution is -0.154. The maximum atomic E-state index is 15.3. The lowest BCUT2D eigenvalue weighted by Crippen LogP contribution is -2.56. The molecule has 0 radical (unpaired) electrons. The highest BCUT2D eigenvalue weighted by Crippen LogP contribution is 2.50. The predicted molar refractivity (Wildman–Crippen MR) is 101 cm³/mol. The summed E-state index contributed by atoms with van der Waals surface area (Å²) in [6.45, 7) is 2.35. The summed E-state index contributed by atoms with van der Waals surface area (Å²) >= 11 is 0. The van der Waals surface area contributed by atoms with E-state index in [0.717, 1.165) is 24.2 Å². The topological polar surface area (TPSA) is 59.1 Å². The molecule has 3 fully saturated rings. The van der Waals surface area contributed by atoms with Gasteiger partial charge in [0.25, 0.3) is 5.91 Å². The first-order chi connectivity index (χ1) is 13.5. The van der Waals surface area contributed by atoms with Crippen LogP contribution in [-0.2, 0) is 19.7 Å². The Morgan fingerprint density at radius 3 is 2.04 bits per heavy atom. The van der Waals surface area contributed by atoms with Gasteiger partial charge in [-0.1, -0.05) is 12.1 Å². The first-order valence-corrected chi connectivity index (χ1v) is 9.98. The van der Waals surface area contributed by atoms with Crippen molar-refractivity contribution in [2.45, 2.75) is 36.8 Å². The number of nitrogens with zero attached hydrogens (tertiary/aromatic N) is 2. The van der Waals surface area contributed by atoms with Gasteiger partial charge in [0.1, 0.15) is 5.75 Å². The van der Waals surface area contributed by atoms with E-state index < -0.39 is 17.0 Å². The van der Waals surface area contributed by atoms with Crippen LogP contribution >= 0.6 is 0 Å². The van der Waals surface area contributed by atoms with Crippen molar-refractivity contribution in [1.82, 2.24) is 9.80 Å². The van der Waals surface area contributed by atoms with Crippen molar-refractivity contribution in [2.24, 2.45) is 0 Å². The van der Waals surface area contributed by atoms with Gasteiger partial charge in [-0.15, -0.1) is 0 Å². The van der Waals surface area contributed by atoms with E-state index in [1.165, 1.54) is 0 Å². The first-order valence-electron chi connectivity index (χ1n) is 9.98. The lowest BCUT2D eigenvalue weighted by Gasteiger charge is -2.40. The molecule has 0 bridgehead atoms. The quantitative estimate of drug-likeness (QED) is 0.788. The van der Waals surface area contributed by atoms with Gasteiger partial charge in [0.2, 0.25) is 5.91 Å². The number of piperidine rings is 1. The van der Waals surface area contributed by atoms with Gasteiger partial charge in [-0.3, -0.25) is 9.59 Å². The highest BCUT2D eigenvalue weighted by molar-refractivity contribution is 5.92. The fourth-order valence-corrected chi connectivity index (χ4v) is 4.29. The van der Waals surface area contributed by atoms with E-state index in [4.69, 9.17) is 9.47 Å². The molecule has 2 amide bonds. The Kier molecular flexibility index (Phi) is 5.04. The maximum Gasteiger partial charge on any atom is 0.260 e. The minimum absolute atomic E-state index is 0.0542. The van der Waals surface area contributed by atoms with Crippen molar-refractivity contribution >= 4 is 11.8 Å². The summed E-state index contributed by atoms with van der Waals surface area (Å²) in [5.41, 5.74) is -1.37. The second-order valence-electron chi connectivity index (χ2n) is 7.97. The van der Waals surface area contributed by atoms with E-state index in [2.05, 4.69) is 0 Å². The third-order valence-corrected chi connectivity index (χ3v) is 6.33. The Balaban J connectivity index is 1.40. The summed E-state index contributed by atoms with van der Waals surface area (Å²) in [5, 5.41) is 0. The number of benzene rings is 1. The molecule has 7 heteroatoms. The van der Waals surface area contributed by atoms with Crippen molar-refractivity contribution in [3.8, 4) is 5.75 Å². The number of carbonyl (C=O) groups is 2. The smallest absolute Gasteiger partial charge is 0.260 e. The van der Waals surface area contributed by atoms with Crippen molar-refractivity contribution in [2.75, 3.05) is 46.5 Å². The average molecular weight is 390 g/mol. The zero-order valence-corrected chi connectivity index (χ0v) is 16.3. The number of halogens is 1.